The lowest BCUT2D eigenvalue weighted by molar-refractivity contribution is -0.114. The van der Waals surface area contributed by atoms with Gasteiger partial charge in [0.15, 0.2) is 5.75 Å². The Morgan fingerprint density at radius 3 is 2.45 bits per heavy atom. The van der Waals surface area contributed by atoms with Gasteiger partial charge in [-0.25, -0.2) is 9.59 Å². The summed E-state index contributed by atoms with van der Waals surface area (Å²) < 4.78 is 11.4. The Morgan fingerprint density at radius 2 is 1.91 bits per heavy atom. The molecule has 0 radical (unpaired) electrons. The van der Waals surface area contributed by atoms with E-state index in [2.05, 4.69) is 14.7 Å². The number of aromatic nitrogens is 2. The molecule has 33 heavy (non-hydrogen) atoms. The molecule has 11 nitrogen and oxygen atoms in total. The fraction of sp³-hybridized carbons (Fsp3) is 0.300. The monoisotopic (exact) mass is 495 g/mol. The van der Waals surface area contributed by atoms with Crippen molar-refractivity contribution >= 4 is 40.9 Å². The van der Waals surface area contributed by atoms with Crippen LogP contribution >= 0.6 is 23.2 Å². The maximum atomic E-state index is 12.1. The van der Waals surface area contributed by atoms with Gasteiger partial charge in [-0.15, -0.1) is 0 Å². The molecule has 2 rings (SSSR count). The Balaban J connectivity index is 2.26. The Labute approximate surface area is 197 Å². The third-order valence-corrected chi connectivity index (χ3v) is 4.55. The molecule has 0 saturated carbocycles. The van der Waals surface area contributed by atoms with E-state index >= 15 is 0 Å². The minimum atomic E-state index is -1.02. The van der Waals surface area contributed by atoms with Crippen LogP contribution in [-0.4, -0.2) is 33.9 Å². The number of nitriles is 1. The fourth-order valence-corrected chi connectivity index (χ4v) is 3.09. The number of halogens is 2. The number of rotatable bonds is 7. The second-order valence-corrected chi connectivity index (χ2v) is 7.51. The molecule has 1 aromatic heterocycles. The van der Waals surface area contributed by atoms with Crippen LogP contribution in [0.15, 0.2) is 32.9 Å². The highest BCUT2D eigenvalue weighted by molar-refractivity contribution is 6.46. The molecule has 0 spiro atoms. The molecule has 0 aliphatic heterocycles. The summed E-state index contributed by atoms with van der Waals surface area (Å²) in [4.78, 5) is 53.2. The van der Waals surface area contributed by atoms with Crippen molar-refractivity contribution in [1.82, 2.24) is 14.9 Å². The number of H-pyrrole nitrogens is 1. The van der Waals surface area contributed by atoms with Crippen molar-refractivity contribution in [2.45, 2.75) is 33.4 Å². The smallest absolute Gasteiger partial charge is 0.414 e. The summed E-state index contributed by atoms with van der Waals surface area (Å²) >= 11 is 12.5. The van der Waals surface area contributed by atoms with Crippen LogP contribution in [0.5, 0.6) is 11.5 Å². The normalized spacial score (nSPS) is 11.1. The molecule has 0 aliphatic rings. The zero-order valence-electron chi connectivity index (χ0n) is 17.8. The molecular formula is C20H19Cl2N5O6. The maximum Gasteiger partial charge on any atom is 0.414 e. The molecule has 0 fully saturated rings. The van der Waals surface area contributed by atoms with E-state index in [0.29, 0.717) is 5.56 Å². The number of imide groups is 1. The van der Waals surface area contributed by atoms with Gasteiger partial charge in [-0.3, -0.25) is 29.4 Å². The number of carbonyl (C=O) groups is 2. The van der Waals surface area contributed by atoms with E-state index in [1.54, 1.807) is 26.8 Å². The number of benzene rings is 1. The number of hydrogen-bond acceptors (Lipinski definition) is 8. The summed E-state index contributed by atoms with van der Waals surface area (Å²) in [5, 5.41) is 11.0. The molecule has 2 N–H and O–H groups in total. The van der Waals surface area contributed by atoms with E-state index in [-0.39, 0.29) is 40.7 Å². The SMILES string of the molecule is CCOC(=O)NC(=O)C(C#N)=NCc1cc(Cl)c(Oc2cn(C(C)C)c(=O)[nH]c2=O)c(Cl)c1. The third kappa shape index (κ3) is 6.68. The molecule has 0 atom stereocenters. The van der Waals surface area contributed by atoms with Gasteiger partial charge < -0.3 is 9.47 Å². The van der Waals surface area contributed by atoms with Crippen LogP contribution in [0.4, 0.5) is 4.79 Å². The predicted octanol–water partition coefficient (Wildman–Crippen LogP) is 2.95. The summed E-state index contributed by atoms with van der Waals surface area (Å²) in [5.74, 6) is -1.25. The van der Waals surface area contributed by atoms with Crippen molar-refractivity contribution < 1.29 is 19.1 Å². The number of alkyl carbamates (subject to hydrolysis) is 1. The molecular weight excluding hydrogens is 477 g/mol. The van der Waals surface area contributed by atoms with Gasteiger partial charge in [-0.05, 0) is 38.5 Å². The minimum Gasteiger partial charge on any atom is -0.450 e. The molecule has 13 heteroatoms. The number of amides is 2. The number of aliphatic imine (C=N–C) groups is 1. The summed E-state index contributed by atoms with van der Waals surface area (Å²) in [6.45, 7) is 4.94. The zero-order valence-corrected chi connectivity index (χ0v) is 19.3. The zero-order chi connectivity index (χ0) is 24.7. The van der Waals surface area contributed by atoms with Gasteiger partial charge in [0.2, 0.25) is 11.5 Å². The van der Waals surface area contributed by atoms with Crippen molar-refractivity contribution in [2.75, 3.05) is 6.61 Å². The average molecular weight is 496 g/mol. The van der Waals surface area contributed by atoms with Crippen LogP contribution in [0.3, 0.4) is 0 Å². The first-order chi connectivity index (χ1) is 15.6. The van der Waals surface area contributed by atoms with E-state index in [0.717, 1.165) is 0 Å². The first-order valence-corrected chi connectivity index (χ1v) is 10.3. The molecule has 1 aromatic carbocycles. The number of nitrogens with one attached hydrogen (secondary N) is 2. The van der Waals surface area contributed by atoms with Crippen LogP contribution < -0.4 is 21.3 Å². The van der Waals surface area contributed by atoms with E-state index in [1.165, 1.54) is 22.9 Å². The number of nitrogens with zero attached hydrogens (tertiary/aromatic N) is 3. The van der Waals surface area contributed by atoms with E-state index in [1.807, 2.05) is 5.32 Å². The molecule has 174 valence electrons. The van der Waals surface area contributed by atoms with Gasteiger partial charge in [0.05, 0.1) is 29.4 Å². The molecule has 0 saturated heterocycles. The van der Waals surface area contributed by atoms with Crippen molar-refractivity contribution in [1.29, 1.82) is 5.26 Å². The highest BCUT2D eigenvalue weighted by Crippen LogP contribution is 2.36. The Kier molecular flexibility index (Phi) is 8.78. The van der Waals surface area contributed by atoms with Crippen molar-refractivity contribution in [3.05, 3.63) is 54.8 Å². The van der Waals surface area contributed by atoms with E-state index in [9.17, 15) is 19.2 Å². The van der Waals surface area contributed by atoms with Gasteiger partial charge in [0.25, 0.3) is 11.5 Å². The lowest BCUT2D eigenvalue weighted by atomic mass is 10.2. The highest BCUT2D eigenvalue weighted by Gasteiger charge is 2.17. The molecule has 2 aromatic rings. The Bertz CT molecular complexity index is 1240. The Hall–Kier alpha value is -3.62. The lowest BCUT2D eigenvalue weighted by Crippen LogP contribution is -2.36. The predicted molar refractivity (Wildman–Crippen MR) is 120 cm³/mol. The van der Waals surface area contributed by atoms with Gasteiger partial charge in [-0.2, -0.15) is 5.26 Å². The molecule has 1 heterocycles. The van der Waals surface area contributed by atoms with E-state index in [4.69, 9.17) is 33.2 Å². The molecule has 0 unspecified atom stereocenters. The third-order valence-electron chi connectivity index (χ3n) is 3.99. The quantitative estimate of drug-likeness (QED) is 0.558. The number of ether oxygens (including phenoxy) is 2. The standard InChI is InChI=1S/C20H19Cl2N5O6/c1-4-32-20(31)26-17(28)14(7-23)24-8-11-5-12(21)16(13(22)6-11)33-15-9-27(10(2)3)19(30)25-18(15)29/h5-6,9-10H,4,8H2,1-3H3,(H,25,29,30)(H,26,28,31). The largest absolute Gasteiger partial charge is 0.450 e. The highest BCUT2D eigenvalue weighted by atomic mass is 35.5. The topological polar surface area (TPSA) is 156 Å². The van der Waals surface area contributed by atoms with Crippen molar-refractivity contribution in [3.63, 3.8) is 0 Å². The number of hydrogen-bond donors (Lipinski definition) is 2. The molecule has 0 bridgehead atoms. The summed E-state index contributed by atoms with van der Waals surface area (Å²) in [6, 6.07) is 4.18. The van der Waals surface area contributed by atoms with Crippen LogP contribution in [-0.2, 0) is 16.1 Å². The van der Waals surface area contributed by atoms with Crippen molar-refractivity contribution in [3.8, 4) is 17.6 Å². The molecule has 2 amide bonds. The first kappa shape index (κ1) is 25.6. The summed E-state index contributed by atoms with van der Waals surface area (Å²) in [6.07, 6.45) is 0.245. The second-order valence-electron chi connectivity index (χ2n) is 6.70. The van der Waals surface area contributed by atoms with Crippen LogP contribution in [0, 0.1) is 11.3 Å². The summed E-state index contributed by atoms with van der Waals surface area (Å²) in [5.41, 5.74) is -1.50. The van der Waals surface area contributed by atoms with Gasteiger partial charge in [-0.1, -0.05) is 23.2 Å². The van der Waals surface area contributed by atoms with E-state index < -0.39 is 29.0 Å². The number of aromatic amines is 1. The van der Waals surface area contributed by atoms with Crippen molar-refractivity contribution in [2.24, 2.45) is 4.99 Å². The summed E-state index contributed by atoms with van der Waals surface area (Å²) in [7, 11) is 0. The number of carbonyl (C=O) groups excluding carboxylic acids is 2. The minimum absolute atomic E-state index is 0.0175. The second kappa shape index (κ2) is 11.3. The van der Waals surface area contributed by atoms with Gasteiger partial charge >= 0.3 is 11.8 Å². The fourth-order valence-electron chi connectivity index (χ4n) is 2.48. The van der Waals surface area contributed by atoms with Crippen LogP contribution in [0.1, 0.15) is 32.4 Å². The van der Waals surface area contributed by atoms with Gasteiger partial charge in [0, 0.05) is 6.04 Å². The average Bonchev–Trinajstić information content (AvgIpc) is 2.72. The maximum absolute atomic E-state index is 12.1. The van der Waals surface area contributed by atoms with Crippen LogP contribution in [0.2, 0.25) is 10.0 Å². The molecule has 0 aliphatic carbocycles. The first-order valence-electron chi connectivity index (χ1n) is 9.51. The Morgan fingerprint density at radius 1 is 1.27 bits per heavy atom. The van der Waals surface area contributed by atoms with Gasteiger partial charge in [0.1, 0.15) is 6.07 Å². The van der Waals surface area contributed by atoms with Crippen LogP contribution in [0.25, 0.3) is 0 Å². The lowest BCUT2D eigenvalue weighted by Gasteiger charge is -2.13.